The summed E-state index contributed by atoms with van der Waals surface area (Å²) < 4.78 is 0. The summed E-state index contributed by atoms with van der Waals surface area (Å²) in [6.07, 6.45) is 12.3. The Morgan fingerprint density at radius 3 is 2.22 bits per heavy atom. The van der Waals surface area contributed by atoms with E-state index in [0.29, 0.717) is 17.8 Å². The van der Waals surface area contributed by atoms with Gasteiger partial charge in [0.25, 0.3) is 0 Å². The minimum Gasteiger partial charge on any atom is -0.480 e. The van der Waals surface area contributed by atoms with Crippen molar-refractivity contribution in [3.05, 3.63) is 11.6 Å². The molecule has 0 spiro atoms. The molecule has 4 saturated carbocycles. The fraction of sp³-hybridized carbons (Fsp3) is 0.862. The molecule has 7 unspecified atom stereocenters. The molecule has 0 aromatic carbocycles. The van der Waals surface area contributed by atoms with Crippen molar-refractivity contribution in [3.63, 3.8) is 0 Å². The van der Waals surface area contributed by atoms with Crippen LogP contribution >= 0.6 is 0 Å². The monoisotopic (exact) mass is 440 g/mol. The van der Waals surface area contributed by atoms with Gasteiger partial charge in [0.15, 0.2) is 5.78 Å². The molecular weight excluding hydrogens is 396 g/mol. The molecule has 0 aromatic rings. The molecule has 0 aromatic heterocycles. The Hall–Kier alpha value is -1.12. The van der Waals surface area contributed by atoms with Crippen LogP contribution in [0.4, 0.5) is 0 Å². The van der Waals surface area contributed by atoms with Crippen molar-refractivity contribution in [1.29, 1.82) is 0 Å². The topological polar surface area (TPSA) is 54.4 Å². The number of carboxylic acid groups (broad SMARTS) is 1. The molecule has 5 aliphatic carbocycles. The predicted octanol–water partition coefficient (Wildman–Crippen LogP) is 6.91. The number of hydrogen-bond acceptors (Lipinski definition) is 2. The zero-order valence-electron chi connectivity index (χ0n) is 21.2. The molecule has 178 valence electrons. The van der Waals surface area contributed by atoms with Gasteiger partial charge in [-0.3, -0.25) is 9.59 Å². The highest BCUT2D eigenvalue weighted by atomic mass is 16.4. The SMILES string of the molecule is CC1(C)CC2CCC3C4CCC5CCCCC5C4=CC(=O)C3(C(=O)O)C2C(C)(C)C1(C)C. The van der Waals surface area contributed by atoms with Gasteiger partial charge in [-0.25, -0.2) is 0 Å². The lowest BCUT2D eigenvalue weighted by Crippen LogP contribution is -2.69. The van der Waals surface area contributed by atoms with Crippen molar-refractivity contribution in [2.24, 2.45) is 57.2 Å². The van der Waals surface area contributed by atoms with Crippen LogP contribution in [-0.4, -0.2) is 16.9 Å². The molecule has 0 aliphatic heterocycles. The van der Waals surface area contributed by atoms with Crippen molar-refractivity contribution in [2.45, 2.75) is 99.3 Å². The van der Waals surface area contributed by atoms with Gasteiger partial charge in [-0.1, -0.05) is 60.0 Å². The summed E-state index contributed by atoms with van der Waals surface area (Å²) in [4.78, 5) is 27.5. The number of aliphatic carboxylic acids is 1. The van der Waals surface area contributed by atoms with E-state index < -0.39 is 11.4 Å². The number of rotatable bonds is 1. The Bertz CT molecular complexity index is 862. The number of carbonyl (C=O) groups excluding carboxylic acids is 1. The number of carbonyl (C=O) groups is 2. The first-order chi connectivity index (χ1) is 14.9. The average molecular weight is 441 g/mol. The molecule has 3 nitrogen and oxygen atoms in total. The predicted molar refractivity (Wildman–Crippen MR) is 127 cm³/mol. The maximum atomic E-state index is 14.2. The van der Waals surface area contributed by atoms with Crippen molar-refractivity contribution in [3.8, 4) is 0 Å². The van der Waals surface area contributed by atoms with Crippen LogP contribution in [0, 0.1) is 57.2 Å². The molecule has 3 heteroatoms. The van der Waals surface area contributed by atoms with Crippen LogP contribution in [0.2, 0.25) is 0 Å². The molecule has 32 heavy (non-hydrogen) atoms. The van der Waals surface area contributed by atoms with Crippen molar-refractivity contribution in [2.75, 3.05) is 0 Å². The molecular formula is C29H44O3. The Balaban J connectivity index is 1.67. The van der Waals surface area contributed by atoms with Gasteiger partial charge in [0.1, 0.15) is 5.41 Å². The van der Waals surface area contributed by atoms with Gasteiger partial charge in [-0.15, -0.1) is 0 Å². The van der Waals surface area contributed by atoms with E-state index in [1.54, 1.807) is 0 Å². The molecule has 0 saturated heterocycles. The van der Waals surface area contributed by atoms with Crippen molar-refractivity contribution < 1.29 is 14.7 Å². The Morgan fingerprint density at radius 1 is 0.875 bits per heavy atom. The van der Waals surface area contributed by atoms with E-state index in [9.17, 15) is 14.7 Å². The van der Waals surface area contributed by atoms with E-state index >= 15 is 0 Å². The summed E-state index contributed by atoms with van der Waals surface area (Å²) in [7, 11) is 0. The number of allylic oxidation sites excluding steroid dienone is 2. The molecule has 0 radical (unpaired) electrons. The lowest BCUT2D eigenvalue weighted by Gasteiger charge is -2.69. The summed E-state index contributed by atoms with van der Waals surface area (Å²) in [6.45, 7) is 13.9. The molecule has 5 aliphatic rings. The van der Waals surface area contributed by atoms with Gasteiger partial charge in [-0.2, -0.15) is 0 Å². The first-order valence-electron chi connectivity index (χ1n) is 13.4. The van der Waals surface area contributed by atoms with Gasteiger partial charge in [0, 0.05) is 0 Å². The van der Waals surface area contributed by atoms with E-state index in [0.717, 1.165) is 31.6 Å². The average Bonchev–Trinajstić information content (AvgIpc) is 2.71. The normalized spacial score (nSPS) is 46.1. The maximum Gasteiger partial charge on any atom is 0.318 e. The zero-order chi connectivity index (χ0) is 23.3. The second-order valence-electron chi connectivity index (χ2n) is 13.9. The maximum absolute atomic E-state index is 14.2. The van der Waals surface area contributed by atoms with Crippen LogP contribution in [0.15, 0.2) is 11.6 Å². The minimum absolute atomic E-state index is 0.0205. The minimum atomic E-state index is -1.24. The van der Waals surface area contributed by atoms with E-state index in [2.05, 4.69) is 41.5 Å². The third kappa shape index (κ3) is 2.60. The first kappa shape index (κ1) is 22.7. The third-order valence-electron chi connectivity index (χ3n) is 12.4. The molecule has 0 heterocycles. The standard InChI is InChI=1S/C29H44O3/c1-26(2)16-18-12-14-22-20-13-11-17-9-7-8-10-19(17)21(20)15-23(30)29(22,25(31)32)24(18)27(3,4)28(26,5)6/h15,17-20,22,24H,7-14,16H2,1-6H3,(H,31,32). The Kier molecular flexibility index (Phi) is 4.92. The van der Waals surface area contributed by atoms with Crippen LogP contribution in [0.5, 0.6) is 0 Å². The van der Waals surface area contributed by atoms with Gasteiger partial charge in [-0.05, 0) is 103 Å². The fourth-order valence-corrected chi connectivity index (χ4v) is 9.94. The van der Waals surface area contributed by atoms with Crippen molar-refractivity contribution in [1.82, 2.24) is 0 Å². The van der Waals surface area contributed by atoms with E-state index in [1.165, 1.54) is 37.7 Å². The molecule has 4 fully saturated rings. The van der Waals surface area contributed by atoms with Crippen molar-refractivity contribution >= 4 is 11.8 Å². The summed E-state index contributed by atoms with van der Waals surface area (Å²) in [5.41, 5.74) is -0.0607. The highest BCUT2D eigenvalue weighted by molar-refractivity contribution is 6.11. The highest BCUT2D eigenvalue weighted by Gasteiger charge is 2.72. The smallest absolute Gasteiger partial charge is 0.318 e. The van der Waals surface area contributed by atoms with Crippen LogP contribution in [0.25, 0.3) is 0 Å². The molecule has 1 N–H and O–H groups in total. The Labute approximate surface area is 194 Å². The second-order valence-corrected chi connectivity index (χ2v) is 13.9. The van der Waals surface area contributed by atoms with Crippen LogP contribution < -0.4 is 0 Å². The lowest BCUT2D eigenvalue weighted by atomic mass is 9.34. The molecule has 7 atom stereocenters. The van der Waals surface area contributed by atoms with E-state index in [-0.39, 0.29) is 33.9 Å². The lowest BCUT2D eigenvalue weighted by molar-refractivity contribution is -0.219. The van der Waals surface area contributed by atoms with Gasteiger partial charge < -0.3 is 5.11 Å². The largest absolute Gasteiger partial charge is 0.480 e. The van der Waals surface area contributed by atoms with Gasteiger partial charge in [0.05, 0.1) is 0 Å². The number of ketones is 1. The van der Waals surface area contributed by atoms with Gasteiger partial charge >= 0.3 is 5.97 Å². The summed E-state index contributed by atoms with van der Waals surface area (Å²) in [5, 5.41) is 10.9. The van der Waals surface area contributed by atoms with Crippen LogP contribution in [0.1, 0.15) is 99.3 Å². The highest BCUT2D eigenvalue weighted by Crippen LogP contribution is 2.72. The zero-order valence-corrected chi connectivity index (χ0v) is 21.2. The third-order valence-corrected chi connectivity index (χ3v) is 12.4. The van der Waals surface area contributed by atoms with Crippen LogP contribution in [-0.2, 0) is 9.59 Å². The second kappa shape index (κ2) is 6.95. The number of carboxylic acids is 1. The number of hydrogen-bond donors (Lipinski definition) is 1. The quantitative estimate of drug-likeness (QED) is 0.451. The summed E-state index contributed by atoms with van der Waals surface area (Å²) in [6, 6.07) is 0. The molecule has 0 bridgehead atoms. The van der Waals surface area contributed by atoms with Crippen LogP contribution in [0.3, 0.4) is 0 Å². The first-order valence-corrected chi connectivity index (χ1v) is 13.4. The molecule has 5 rings (SSSR count). The Morgan fingerprint density at radius 2 is 1.53 bits per heavy atom. The summed E-state index contributed by atoms with van der Waals surface area (Å²) in [5.74, 6) is 0.877. The summed E-state index contributed by atoms with van der Waals surface area (Å²) >= 11 is 0. The van der Waals surface area contributed by atoms with E-state index in [1.807, 2.05) is 6.08 Å². The molecule has 0 amide bonds. The fourth-order valence-electron chi connectivity index (χ4n) is 9.94. The van der Waals surface area contributed by atoms with Gasteiger partial charge in [0.2, 0.25) is 0 Å². The van der Waals surface area contributed by atoms with E-state index in [4.69, 9.17) is 0 Å². The number of fused-ring (bicyclic) bond motifs is 7.